The smallest absolute Gasteiger partial charge is 0.334 e. The van der Waals surface area contributed by atoms with E-state index in [1.54, 1.807) is 18.2 Å². The molecule has 8 nitrogen and oxygen atoms in total. The maximum atomic E-state index is 12.4. The van der Waals surface area contributed by atoms with Crippen LogP contribution < -0.4 is 0 Å². The second-order valence-electron chi connectivity index (χ2n) is 5.90. The summed E-state index contributed by atoms with van der Waals surface area (Å²) >= 11 is 0. The Morgan fingerprint density at radius 1 is 0.630 bits per heavy atom. The van der Waals surface area contributed by atoms with Gasteiger partial charge in [-0.1, -0.05) is 60.7 Å². The predicted octanol–water partition coefficient (Wildman–Crippen LogP) is 1.49. The molecule has 0 heterocycles. The summed E-state index contributed by atoms with van der Waals surface area (Å²) in [5.74, 6) is -8.69. The molecule has 27 heavy (non-hydrogen) atoms. The van der Waals surface area contributed by atoms with E-state index < -0.39 is 41.1 Å². The van der Waals surface area contributed by atoms with E-state index in [0.717, 1.165) is 0 Å². The fourth-order valence-electron chi connectivity index (χ4n) is 3.26. The lowest BCUT2D eigenvalue weighted by atomic mass is 9.57. The summed E-state index contributed by atoms with van der Waals surface area (Å²) in [6, 6.07) is 14.4. The van der Waals surface area contributed by atoms with Gasteiger partial charge >= 0.3 is 23.9 Å². The first-order valence-electron chi connectivity index (χ1n) is 7.74. The molecular weight excluding hydrogens is 356 g/mol. The van der Waals surface area contributed by atoms with E-state index >= 15 is 0 Å². The summed E-state index contributed by atoms with van der Waals surface area (Å²) in [5, 5.41) is 39.0. The van der Waals surface area contributed by atoms with Crippen molar-refractivity contribution in [1.29, 1.82) is 0 Å². The Hall–Kier alpha value is -3.68. The Bertz CT molecular complexity index is 839. The van der Waals surface area contributed by atoms with Gasteiger partial charge in [-0.25, -0.2) is 0 Å². The minimum Gasteiger partial charge on any atom is -0.481 e. The van der Waals surface area contributed by atoms with Crippen LogP contribution in [0.15, 0.2) is 60.7 Å². The standard InChI is InChI=1S/C19H16O8/c20-14(21)18(13-9-5-2-6-10-13,11-12-7-3-1-4-8-12)19(15(22)23,16(24)25)17(26)27/h1-10H,11H2,(H,20,21)(H,22,23)(H,24,25)(H,26,27). The van der Waals surface area contributed by atoms with Crippen molar-refractivity contribution in [3.8, 4) is 0 Å². The molecule has 0 aliphatic carbocycles. The van der Waals surface area contributed by atoms with Gasteiger partial charge < -0.3 is 20.4 Å². The number of rotatable bonds is 8. The van der Waals surface area contributed by atoms with Gasteiger partial charge in [-0.05, 0) is 17.5 Å². The summed E-state index contributed by atoms with van der Waals surface area (Å²) in [4.78, 5) is 48.4. The summed E-state index contributed by atoms with van der Waals surface area (Å²) in [6.07, 6.45) is -0.655. The van der Waals surface area contributed by atoms with Crippen LogP contribution in [0.5, 0.6) is 0 Å². The topological polar surface area (TPSA) is 149 Å². The van der Waals surface area contributed by atoms with E-state index in [4.69, 9.17) is 0 Å². The molecule has 8 heteroatoms. The molecule has 4 N–H and O–H groups in total. The second kappa shape index (κ2) is 7.28. The normalized spacial score (nSPS) is 13.3. The number of carboxylic acid groups (broad SMARTS) is 4. The molecular formula is C19H16O8. The van der Waals surface area contributed by atoms with E-state index in [-0.39, 0.29) is 11.1 Å². The fraction of sp³-hybridized carbons (Fsp3) is 0.158. The van der Waals surface area contributed by atoms with Gasteiger partial charge in [0, 0.05) is 0 Å². The Morgan fingerprint density at radius 3 is 1.41 bits per heavy atom. The monoisotopic (exact) mass is 372 g/mol. The molecule has 0 radical (unpaired) electrons. The third-order valence-corrected chi connectivity index (χ3v) is 4.55. The second-order valence-corrected chi connectivity index (χ2v) is 5.90. The summed E-state index contributed by atoms with van der Waals surface area (Å²) < 4.78 is 0. The van der Waals surface area contributed by atoms with E-state index in [2.05, 4.69) is 0 Å². The highest BCUT2D eigenvalue weighted by Crippen LogP contribution is 2.46. The first-order valence-corrected chi connectivity index (χ1v) is 7.74. The molecule has 0 saturated heterocycles. The van der Waals surface area contributed by atoms with Crippen molar-refractivity contribution in [3.05, 3.63) is 71.8 Å². The van der Waals surface area contributed by atoms with Gasteiger partial charge in [0.15, 0.2) is 0 Å². The van der Waals surface area contributed by atoms with Crippen molar-refractivity contribution in [1.82, 2.24) is 0 Å². The Kier molecular flexibility index (Phi) is 5.30. The van der Waals surface area contributed by atoms with Crippen molar-refractivity contribution in [2.45, 2.75) is 11.8 Å². The largest absolute Gasteiger partial charge is 0.481 e. The van der Waals surface area contributed by atoms with Crippen molar-refractivity contribution in [3.63, 3.8) is 0 Å². The molecule has 0 fully saturated rings. The van der Waals surface area contributed by atoms with Gasteiger partial charge in [0.05, 0.1) is 0 Å². The molecule has 2 aromatic carbocycles. The number of carbonyl (C=O) groups is 4. The molecule has 0 amide bonds. The van der Waals surface area contributed by atoms with E-state index in [0.29, 0.717) is 0 Å². The van der Waals surface area contributed by atoms with Crippen molar-refractivity contribution in [2.75, 3.05) is 0 Å². The first kappa shape index (κ1) is 19.6. The first-order chi connectivity index (χ1) is 12.7. The highest BCUT2D eigenvalue weighted by Gasteiger charge is 2.73. The maximum Gasteiger partial charge on any atom is 0.334 e. The Morgan fingerprint density at radius 2 is 1.04 bits per heavy atom. The Balaban J connectivity index is 2.98. The maximum absolute atomic E-state index is 12.4. The summed E-state index contributed by atoms with van der Waals surface area (Å²) in [6.45, 7) is 0. The lowest BCUT2D eigenvalue weighted by molar-refractivity contribution is -0.188. The van der Waals surface area contributed by atoms with Crippen LogP contribution >= 0.6 is 0 Å². The zero-order chi connectivity index (χ0) is 20.2. The number of benzene rings is 2. The number of aliphatic carboxylic acids is 4. The van der Waals surface area contributed by atoms with E-state index in [9.17, 15) is 39.6 Å². The van der Waals surface area contributed by atoms with Crippen LogP contribution in [0.4, 0.5) is 0 Å². The van der Waals surface area contributed by atoms with Crippen LogP contribution in [0.1, 0.15) is 11.1 Å². The van der Waals surface area contributed by atoms with Gasteiger partial charge in [-0.3, -0.25) is 19.2 Å². The lowest BCUT2D eigenvalue weighted by Gasteiger charge is -2.39. The van der Waals surface area contributed by atoms with Crippen LogP contribution in [0.2, 0.25) is 0 Å². The van der Waals surface area contributed by atoms with Crippen molar-refractivity contribution < 1.29 is 39.6 Å². The molecule has 2 aromatic rings. The third kappa shape index (κ3) is 2.91. The van der Waals surface area contributed by atoms with Crippen molar-refractivity contribution in [2.24, 2.45) is 5.41 Å². The van der Waals surface area contributed by atoms with Gasteiger partial charge in [0.25, 0.3) is 5.41 Å². The number of carboxylic acids is 4. The average Bonchev–Trinajstić information content (AvgIpc) is 2.61. The van der Waals surface area contributed by atoms with Gasteiger partial charge in [-0.2, -0.15) is 0 Å². The molecule has 2 rings (SSSR count). The molecule has 0 aromatic heterocycles. The highest BCUT2D eigenvalue weighted by molar-refractivity contribution is 6.21. The number of hydrogen-bond donors (Lipinski definition) is 4. The predicted molar refractivity (Wildman–Crippen MR) is 91.2 cm³/mol. The molecule has 0 saturated carbocycles. The fourth-order valence-corrected chi connectivity index (χ4v) is 3.26. The van der Waals surface area contributed by atoms with Crippen LogP contribution in [0.3, 0.4) is 0 Å². The minimum atomic E-state index is -3.66. The zero-order valence-corrected chi connectivity index (χ0v) is 13.9. The third-order valence-electron chi connectivity index (χ3n) is 4.55. The minimum absolute atomic E-state index is 0.242. The molecule has 140 valence electrons. The van der Waals surface area contributed by atoms with Crippen LogP contribution in [-0.2, 0) is 31.0 Å². The average molecular weight is 372 g/mol. The van der Waals surface area contributed by atoms with Crippen molar-refractivity contribution >= 4 is 23.9 Å². The van der Waals surface area contributed by atoms with Gasteiger partial charge in [0.2, 0.25) is 0 Å². The van der Waals surface area contributed by atoms with Gasteiger partial charge in [-0.15, -0.1) is 0 Å². The van der Waals surface area contributed by atoms with Crippen LogP contribution in [-0.4, -0.2) is 44.3 Å². The van der Waals surface area contributed by atoms with E-state index in [1.165, 1.54) is 42.5 Å². The quantitative estimate of drug-likeness (QED) is 0.509. The summed E-state index contributed by atoms with van der Waals surface area (Å²) in [7, 11) is 0. The molecule has 1 unspecified atom stereocenters. The molecule has 1 atom stereocenters. The molecule has 0 bridgehead atoms. The lowest BCUT2D eigenvalue weighted by Crippen LogP contribution is -2.65. The van der Waals surface area contributed by atoms with Crippen LogP contribution in [0.25, 0.3) is 0 Å². The molecule has 0 spiro atoms. The molecule has 0 aliphatic rings. The SMILES string of the molecule is O=C(O)C(C(=O)O)(C(=O)O)C(Cc1ccccc1)(C(=O)O)c1ccccc1. The van der Waals surface area contributed by atoms with E-state index in [1.807, 2.05) is 0 Å². The highest BCUT2D eigenvalue weighted by atomic mass is 16.4. The zero-order valence-electron chi connectivity index (χ0n) is 13.9. The Labute approximate surface area is 153 Å². The molecule has 0 aliphatic heterocycles. The van der Waals surface area contributed by atoms with Gasteiger partial charge in [0.1, 0.15) is 5.41 Å². The van der Waals surface area contributed by atoms with Crippen LogP contribution in [0, 0.1) is 5.41 Å². The summed E-state index contributed by atoms with van der Waals surface area (Å²) in [5.41, 5.74) is -6.43. The number of hydrogen-bond acceptors (Lipinski definition) is 4.